The maximum atomic E-state index is 2.33. The highest BCUT2D eigenvalue weighted by molar-refractivity contribution is 5.40. The molecule has 0 aliphatic heterocycles. The van der Waals surface area contributed by atoms with Gasteiger partial charge < -0.3 is 0 Å². The van der Waals surface area contributed by atoms with Crippen LogP contribution in [0.2, 0.25) is 0 Å². The molecule has 0 aromatic carbocycles. The van der Waals surface area contributed by atoms with Gasteiger partial charge in [-0.25, -0.2) is 0 Å². The average Bonchev–Trinajstić information content (AvgIpc) is 2.20. The van der Waals surface area contributed by atoms with E-state index in [0.29, 0.717) is 0 Å². The summed E-state index contributed by atoms with van der Waals surface area (Å²) in [6.45, 7) is 6.71. The van der Waals surface area contributed by atoms with Gasteiger partial charge in [0.1, 0.15) is 0 Å². The summed E-state index contributed by atoms with van der Waals surface area (Å²) in [5.41, 5.74) is 4.71. The van der Waals surface area contributed by atoms with Crippen molar-refractivity contribution in [1.29, 1.82) is 0 Å². The minimum atomic E-state index is 1.20. The molecule has 0 aromatic rings. The molecule has 0 N–H and O–H groups in total. The van der Waals surface area contributed by atoms with E-state index in [1.54, 1.807) is 11.1 Å². The van der Waals surface area contributed by atoms with Crippen molar-refractivity contribution in [2.75, 3.05) is 0 Å². The van der Waals surface area contributed by atoms with Gasteiger partial charge in [-0.05, 0) is 32.3 Å². The van der Waals surface area contributed by atoms with Crippen LogP contribution in [0.15, 0.2) is 22.8 Å². The molecule has 1 aliphatic rings. The van der Waals surface area contributed by atoms with Crippen molar-refractivity contribution in [1.82, 2.24) is 0 Å². The van der Waals surface area contributed by atoms with Crippen molar-refractivity contribution < 1.29 is 0 Å². The Kier molecular flexibility index (Phi) is 2.31. The fraction of sp³-hybridized carbons (Fsp3) is 0.600. The van der Waals surface area contributed by atoms with Gasteiger partial charge in [-0.2, -0.15) is 0 Å². The quantitative estimate of drug-likeness (QED) is 0.545. The van der Waals surface area contributed by atoms with E-state index in [2.05, 4.69) is 26.8 Å². The topological polar surface area (TPSA) is 0 Å². The molecule has 0 fully saturated rings. The lowest BCUT2D eigenvalue weighted by molar-refractivity contribution is 0.903. The minimum absolute atomic E-state index is 1.20. The summed E-state index contributed by atoms with van der Waals surface area (Å²) in [5, 5.41) is 0. The first-order valence-corrected chi connectivity index (χ1v) is 4.11. The predicted octanol–water partition coefficient (Wildman–Crippen LogP) is 3.45. The van der Waals surface area contributed by atoms with E-state index < -0.39 is 0 Å². The van der Waals surface area contributed by atoms with Gasteiger partial charge in [-0.3, -0.25) is 0 Å². The zero-order valence-electron chi connectivity index (χ0n) is 7.20. The van der Waals surface area contributed by atoms with Gasteiger partial charge in [0.2, 0.25) is 0 Å². The second-order valence-electron chi connectivity index (χ2n) is 3.10. The first-order chi connectivity index (χ1) is 4.75. The van der Waals surface area contributed by atoms with Crippen LogP contribution in [-0.4, -0.2) is 0 Å². The van der Waals surface area contributed by atoms with Crippen LogP contribution in [-0.2, 0) is 0 Å². The predicted molar refractivity (Wildman–Crippen MR) is 46.0 cm³/mol. The largest absolute Gasteiger partial charge is 0.0772 e. The number of hydrogen-bond acceptors (Lipinski definition) is 0. The van der Waals surface area contributed by atoms with E-state index in [4.69, 9.17) is 0 Å². The van der Waals surface area contributed by atoms with Gasteiger partial charge in [-0.1, -0.05) is 30.6 Å². The third-order valence-corrected chi connectivity index (χ3v) is 2.21. The normalized spacial score (nSPS) is 18.1. The van der Waals surface area contributed by atoms with Crippen molar-refractivity contribution in [3.8, 4) is 0 Å². The first-order valence-electron chi connectivity index (χ1n) is 4.11. The number of hydrogen-bond donors (Lipinski definition) is 0. The first kappa shape index (κ1) is 7.59. The van der Waals surface area contributed by atoms with E-state index in [1.165, 1.54) is 24.8 Å². The monoisotopic (exact) mass is 136 g/mol. The Bertz CT molecular complexity index is 182. The number of allylic oxidation sites excluding steroid dienone is 4. The molecular formula is C10H16. The highest BCUT2D eigenvalue weighted by Gasteiger charge is 2.08. The molecule has 0 radical (unpaired) electrons. The Morgan fingerprint density at radius 3 is 2.50 bits per heavy atom. The number of rotatable bonds is 2. The summed E-state index contributed by atoms with van der Waals surface area (Å²) in [6, 6.07) is 0. The standard InChI is InChI=1S/C10H16/c1-4-5-10-8(2)6-7-9(10)3/h6H,4-5,7H2,1-3H3. The lowest BCUT2D eigenvalue weighted by Crippen LogP contribution is -1.83. The second-order valence-corrected chi connectivity index (χ2v) is 3.10. The molecule has 0 aromatic heterocycles. The average molecular weight is 136 g/mol. The Morgan fingerprint density at radius 1 is 1.40 bits per heavy atom. The molecule has 1 rings (SSSR count). The molecule has 56 valence electrons. The second kappa shape index (κ2) is 3.05. The molecule has 0 atom stereocenters. The van der Waals surface area contributed by atoms with Crippen LogP contribution in [0, 0.1) is 0 Å². The highest BCUT2D eigenvalue weighted by Crippen LogP contribution is 2.28. The van der Waals surface area contributed by atoms with E-state index in [1.807, 2.05) is 0 Å². The molecule has 0 saturated heterocycles. The van der Waals surface area contributed by atoms with Crippen LogP contribution in [0.4, 0.5) is 0 Å². The molecule has 0 heterocycles. The third-order valence-electron chi connectivity index (χ3n) is 2.21. The Morgan fingerprint density at radius 2 is 2.10 bits per heavy atom. The fourth-order valence-electron chi connectivity index (χ4n) is 1.55. The van der Waals surface area contributed by atoms with Gasteiger partial charge in [0, 0.05) is 0 Å². The summed E-state index contributed by atoms with van der Waals surface area (Å²) < 4.78 is 0. The highest BCUT2D eigenvalue weighted by atomic mass is 14.1. The minimum Gasteiger partial charge on any atom is -0.0772 e. The van der Waals surface area contributed by atoms with Crippen molar-refractivity contribution >= 4 is 0 Å². The van der Waals surface area contributed by atoms with Crippen LogP contribution in [0.25, 0.3) is 0 Å². The van der Waals surface area contributed by atoms with Crippen molar-refractivity contribution in [3.05, 3.63) is 22.8 Å². The summed E-state index contributed by atoms with van der Waals surface area (Å²) in [7, 11) is 0. The van der Waals surface area contributed by atoms with Crippen LogP contribution >= 0.6 is 0 Å². The molecule has 1 aliphatic carbocycles. The maximum absolute atomic E-state index is 2.33. The van der Waals surface area contributed by atoms with Gasteiger partial charge in [0.25, 0.3) is 0 Å². The van der Waals surface area contributed by atoms with E-state index in [9.17, 15) is 0 Å². The van der Waals surface area contributed by atoms with Crippen molar-refractivity contribution in [2.24, 2.45) is 0 Å². The lowest BCUT2D eigenvalue weighted by atomic mass is 10.0. The zero-order valence-corrected chi connectivity index (χ0v) is 7.20. The van der Waals surface area contributed by atoms with Gasteiger partial charge in [0.05, 0.1) is 0 Å². The fourth-order valence-corrected chi connectivity index (χ4v) is 1.55. The Hall–Kier alpha value is -0.520. The molecule has 10 heavy (non-hydrogen) atoms. The van der Waals surface area contributed by atoms with Crippen molar-refractivity contribution in [2.45, 2.75) is 40.0 Å². The molecule has 0 nitrogen and oxygen atoms in total. The van der Waals surface area contributed by atoms with Crippen LogP contribution in [0.5, 0.6) is 0 Å². The van der Waals surface area contributed by atoms with Crippen LogP contribution in [0.3, 0.4) is 0 Å². The molecule has 0 unspecified atom stereocenters. The van der Waals surface area contributed by atoms with Gasteiger partial charge >= 0.3 is 0 Å². The van der Waals surface area contributed by atoms with Crippen LogP contribution < -0.4 is 0 Å². The third kappa shape index (κ3) is 1.31. The molecule has 0 spiro atoms. The molecule has 0 amide bonds. The van der Waals surface area contributed by atoms with E-state index >= 15 is 0 Å². The summed E-state index contributed by atoms with van der Waals surface area (Å²) in [5.74, 6) is 0. The van der Waals surface area contributed by atoms with Gasteiger partial charge in [0.15, 0.2) is 0 Å². The van der Waals surface area contributed by atoms with E-state index in [-0.39, 0.29) is 0 Å². The summed E-state index contributed by atoms with van der Waals surface area (Å²) >= 11 is 0. The van der Waals surface area contributed by atoms with Gasteiger partial charge in [-0.15, -0.1) is 0 Å². The zero-order chi connectivity index (χ0) is 7.56. The molecule has 0 bridgehead atoms. The SMILES string of the molecule is CCCC1=C(C)CC=C1C. The van der Waals surface area contributed by atoms with E-state index in [0.717, 1.165) is 0 Å². The van der Waals surface area contributed by atoms with Crippen LogP contribution in [0.1, 0.15) is 40.0 Å². The summed E-state index contributed by atoms with van der Waals surface area (Å²) in [4.78, 5) is 0. The lowest BCUT2D eigenvalue weighted by Gasteiger charge is -2.02. The maximum Gasteiger partial charge on any atom is -0.0130 e. The molecule has 0 heteroatoms. The Balaban J connectivity index is 2.69. The Labute approximate surface area is 63.6 Å². The van der Waals surface area contributed by atoms with Crippen molar-refractivity contribution in [3.63, 3.8) is 0 Å². The summed E-state index contributed by atoms with van der Waals surface area (Å²) in [6.07, 6.45) is 6.08. The smallest absolute Gasteiger partial charge is 0.0130 e. The molecular weight excluding hydrogens is 120 g/mol. The molecule has 0 saturated carbocycles.